The number of nitrogens with two attached hydrogens (primary N) is 1. The molecule has 6 atom stereocenters. The van der Waals surface area contributed by atoms with E-state index in [-0.39, 0.29) is 42.0 Å². The maximum atomic E-state index is 12.2. The first-order valence-corrected chi connectivity index (χ1v) is 17.0. The number of carbonyl (C=O) groups is 2. The number of hydrogen-bond acceptors (Lipinski definition) is 8. The Morgan fingerprint density at radius 1 is 1.10 bits per heavy atom. The first-order chi connectivity index (χ1) is 23.1. The molecule has 3 fully saturated rings. The van der Waals surface area contributed by atoms with Gasteiger partial charge in [-0.05, 0) is 93.3 Å². The summed E-state index contributed by atoms with van der Waals surface area (Å²) in [4.78, 5) is 50.5. The molecular weight excluding hydrogens is 692 g/mol. The van der Waals surface area contributed by atoms with E-state index in [1.807, 2.05) is 39.0 Å². The number of hydrogen-bond donors (Lipinski definition) is 2. The third kappa shape index (κ3) is 14.1. The van der Waals surface area contributed by atoms with Crippen molar-refractivity contribution < 1.29 is 55.6 Å². The number of amides is 1. The molecule has 5 rings (SSSR count). The quantitative estimate of drug-likeness (QED) is 0.167. The number of aromatic nitrogens is 2. The monoisotopic (exact) mass is 746 g/mol. The summed E-state index contributed by atoms with van der Waals surface area (Å²) in [7, 11) is 4.81. The molecule has 1 amide bonds. The number of fused-ring (bicyclic) bond motifs is 2. The second kappa shape index (κ2) is 21.6. The van der Waals surface area contributed by atoms with Crippen LogP contribution in [-0.4, -0.2) is 80.0 Å². The van der Waals surface area contributed by atoms with Crippen LogP contribution in [0.4, 0.5) is 13.2 Å². The molecular formula is C36H54F3N4O6V-. The molecule has 10 nitrogen and oxygen atoms in total. The molecule has 1 saturated heterocycles. The standard InChI is InChI=1S/C20H26N2O2.C8H11F3NO.C7H14O2.CH3NO.V/c1-24-15-8-10-17-19(12-15)22-20(23)18(21-17)6-4-2-3-5-13-11-14-7-9-16(13)14;1-12-3-2-6(7(12)5-13)4-8(9,10)11;1-7(2,3)6(5-8)9-4;2-1-3;/h8,10,12-14,16H,2-7,9,11H2,1H3,(H,22,23);6-7H,2-4H2,1H3;5-6H,1-4H3;1H,(H2,2,3);/q;-1;;;/t13?,14?,16-;;6-;;/m0.1../s1. The van der Waals surface area contributed by atoms with Gasteiger partial charge in [-0.1, -0.05) is 46.1 Å². The number of ether oxygens (including phenoxy) is 2. The van der Waals surface area contributed by atoms with E-state index >= 15 is 0 Å². The number of carbonyl (C=O) groups excluding carboxylic acids is 3. The van der Waals surface area contributed by atoms with Gasteiger partial charge in [0.1, 0.15) is 23.8 Å². The number of alkyl halides is 3. The average molecular weight is 747 g/mol. The van der Waals surface area contributed by atoms with Crippen molar-refractivity contribution in [2.24, 2.45) is 34.8 Å². The van der Waals surface area contributed by atoms with Crippen LogP contribution in [0.5, 0.6) is 5.75 Å². The molecule has 14 heteroatoms. The van der Waals surface area contributed by atoms with Crippen LogP contribution in [0.1, 0.15) is 84.3 Å². The van der Waals surface area contributed by atoms with Gasteiger partial charge in [-0.15, -0.1) is 0 Å². The van der Waals surface area contributed by atoms with Crippen LogP contribution in [-0.2, 0) is 44.1 Å². The van der Waals surface area contributed by atoms with Gasteiger partial charge >= 0.3 is 6.18 Å². The van der Waals surface area contributed by atoms with Gasteiger partial charge in [0, 0.05) is 38.2 Å². The molecule has 50 heavy (non-hydrogen) atoms. The number of primary amides is 1. The minimum Gasteiger partial charge on any atom is -0.540 e. The second-order valence-corrected chi connectivity index (χ2v) is 14.2. The summed E-state index contributed by atoms with van der Waals surface area (Å²) in [6, 6.07) is 4.92. The van der Waals surface area contributed by atoms with Crippen LogP contribution in [0.3, 0.4) is 0 Å². The fourth-order valence-electron chi connectivity index (χ4n) is 6.82. The maximum Gasteiger partial charge on any atom is 0.389 e. The number of aldehydes is 1. The molecule has 2 aromatic rings. The normalized spacial score (nSPS) is 22.9. The summed E-state index contributed by atoms with van der Waals surface area (Å²) in [5.41, 5.74) is 6.26. The zero-order chi connectivity index (χ0) is 36.8. The first kappa shape index (κ1) is 45.3. The Morgan fingerprint density at radius 2 is 1.78 bits per heavy atom. The zero-order valence-electron chi connectivity index (χ0n) is 30.1. The summed E-state index contributed by atoms with van der Waals surface area (Å²) < 4.78 is 46.1. The van der Waals surface area contributed by atoms with E-state index in [0.717, 1.165) is 53.7 Å². The molecule has 2 aliphatic carbocycles. The molecule has 0 spiro atoms. The third-order valence-corrected chi connectivity index (χ3v) is 9.76. The third-order valence-electron chi connectivity index (χ3n) is 9.76. The van der Waals surface area contributed by atoms with E-state index in [1.165, 1.54) is 38.5 Å². The average Bonchev–Trinajstić information content (AvgIpc) is 3.36. The molecule has 281 valence electrons. The Labute approximate surface area is 305 Å². The molecule has 1 aromatic carbocycles. The van der Waals surface area contributed by atoms with Gasteiger partial charge in [-0.25, -0.2) is 11.3 Å². The molecule has 1 aliphatic heterocycles. The number of nitrogens with one attached hydrogen (secondary N) is 1. The van der Waals surface area contributed by atoms with Crippen LogP contribution < -0.4 is 16.0 Å². The maximum absolute atomic E-state index is 12.2. The Morgan fingerprint density at radius 3 is 2.24 bits per heavy atom. The Kier molecular flexibility index (Phi) is 19.6. The number of aryl methyl sites for hydroxylation is 1. The van der Waals surface area contributed by atoms with E-state index in [0.29, 0.717) is 18.7 Å². The van der Waals surface area contributed by atoms with E-state index in [1.54, 1.807) is 32.5 Å². The molecule has 2 heterocycles. The van der Waals surface area contributed by atoms with Crippen LogP contribution in [0, 0.1) is 29.1 Å². The van der Waals surface area contributed by atoms with Crippen LogP contribution in [0.25, 0.3) is 11.0 Å². The fourth-order valence-corrected chi connectivity index (χ4v) is 6.82. The molecule has 2 saturated carbocycles. The molecule has 4 unspecified atom stereocenters. The van der Waals surface area contributed by atoms with Gasteiger partial charge in [0.25, 0.3) is 5.56 Å². The number of likely N-dealkylation sites (tertiary alicyclic amines) is 1. The number of methoxy groups -OCH3 is 2. The van der Waals surface area contributed by atoms with Crippen molar-refractivity contribution in [3.63, 3.8) is 0 Å². The zero-order valence-corrected chi connectivity index (χ0v) is 31.5. The molecule has 0 bridgehead atoms. The van der Waals surface area contributed by atoms with Crippen LogP contribution in [0.2, 0.25) is 0 Å². The summed E-state index contributed by atoms with van der Waals surface area (Å²) in [6.45, 7) is 6.45. The SMILES string of the molecule is CN1CCC(CC(F)(F)F)C1[C-]=O.CO[C@H](C=O)C(C)(C)C.COc1ccc2nc(CCCCCC3CC4CC[C@@H]34)c(=O)[nH]c2c1.NC=O.[V]. The van der Waals surface area contributed by atoms with Crippen molar-refractivity contribution in [2.45, 2.75) is 103 Å². The topological polar surface area (TPSA) is 145 Å². The largest absolute Gasteiger partial charge is 0.540 e. The summed E-state index contributed by atoms with van der Waals surface area (Å²) in [5.74, 6) is 3.31. The Hall–Kier alpha value is -2.74. The predicted molar refractivity (Wildman–Crippen MR) is 183 cm³/mol. The number of benzene rings is 1. The van der Waals surface area contributed by atoms with E-state index in [9.17, 15) is 27.6 Å². The minimum absolute atomic E-state index is 0. The second-order valence-electron chi connectivity index (χ2n) is 14.2. The molecule has 3 N–H and O–H groups in total. The van der Waals surface area contributed by atoms with Crippen LogP contribution in [0.15, 0.2) is 23.0 Å². The van der Waals surface area contributed by atoms with Crippen molar-refractivity contribution in [1.29, 1.82) is 0 Å². The molecule has 1 aromatic heterocycles. The fraction of sp³-hybridized carbons (Fsp3) is 0.694. The summed E-state index contributed by atoms with van der Waals surface area (Å²) >= 11 is 0. The molecule has 3 aliphatic rings. The number of likely N-dealkylation sites (N-methyl/N-ethyl adjacent to an activating group) is 1. The van der Waals surface area contributed by atoms with Crippen molar-refractivity contribution >= 4 is 30.0 Å². The van der Waals surface area contributed by atoms with E-state index in [4.69, 9.17) is 14.3 Å². The number of rotatable bonds is 11. The van der Waals surface area contributed by atoms with Crippen molar-refractivity contribution in [2.75, 3.05) is 27.8 Å². The number of aromatic amines is 1. The van der Waals surface area contributed by atoms with E-state index < -0.39 is 24.6 Å². The predicted octanol–water partition coefficient (Wildman–Crippen LogP) is 5.79. The van der Waals surface area contributed by atoms with Gasteiger partial charge in [-0.3, -0.25) is 9.59 Å². The number of unbranched alkanes of at least 4 members (excludes halogenated alkanes) is 2. The number of nitrogens with zero attached hydrogens (tertiary/aromatic N) is 2. The minimum atomic E-state index is -4.18. The Balaban J connectivity index is 0.000000407. The summed E-state index contributed by atoms with van der Waals surface area (Å²) in [5, 5.41) is 0. The molecule has 1 radical (unpaired) electrons. The van der Waals surface area contributed by atoms with Gasteiger partial charge < -0.3 is 34.7 Å². The van der Waals surface area contributed by atoms with Gasteiger partial charge in [0.05, 0.1) is 18.1 Å². The van der Waals surface area contributed by atoms with Crippen LogP contribution >= 0.6 is 0 Å². The van der Waals surface area contributed by atoms with Gasteiger partial charge in [0.15, 0.2) is 0 Å². The summed E-state index contributed by atoms with van der Waals surface area (Å²) in [6.07, 6.45) is 8.02. The van der Waals surface area contributed by atoms with E-state index in [2.05, 4.69) is 15.7 Å². The van der Waals surface area contributed by atoms with Crippen molar-refractivity contribution in [3.05, 3.63) is 34.2 Å². The number of H-pyrrole nitrogens is 1. The smallest absolute Gasteiger partial charge is 0.389 e. The van der Waals surface area contributed by atoms with Gasteiger partial charge in [0.2, 0.25) is 6.41 Å². The van der Waals surface area contributed by atoms with Gasteiger partial charge in [-0.2, -0.15) is 13.2 Å². The number of halogens is 3. The first-order valence-electron chi connectivity index (χ1n) is 17.0. The Bertz CT molecular complexity index is 1390. The van der Waals surface area contributed by atoms with Crippen molar-refractivity contribution in [1.82, 2.24) is 14.9 Å². The van der Waals surface area contributed by atoms with Crippen molar-refractivity contribution in [3.8, 4) is 5.75 Å².